The number of hydrogen-bond donors (Lipinski definition) is 0. The van der Waals surface area contributed by atoms with Crippen LogP contribution < -0.4 is 4.74 Å². The second-order valence-electron chi connectivity index (χ2n) is 6.71. The molecule has 0 saturated carbocycles. The minimum atomic E-state index is -0.0978. The molecule has 24 heavy (non-hydrogen) atoms. The highest BCUT2D eigenvalue weighted by atomic mass is 16.6. The highest BCUT2D eigenvalue weighted by Crippen LogP contribution is 2.49. The molecule has 0 N–H and O–H groups in total. The topological polar surface area (TPSA) is 36.9 Å². The zero-order chi connectivity index (χ0) is 16.1. The molecule has 3 heterocycles. The molecule has 3 aliphatic rings. The molecule has 0 saturated heterocycles. The Balaban J connectivity index is 1.45. The van der Waals surface area contributed by atoms with E-state index in [2.05, 4.69) is 25.1 Å². The van der Waals surface area contributed by atoms with Gasteiger partial charge in [-0.3, -0.25) is 0 Å². The summed E-state index contributed by atoms with van der Waals surface area (Å²) in [6.45, 7) is 4.60. The van der Waals surface area contributed by atoms with E-state index in [1.54, 1.807) is 0 Å². The van der Waals surface area contributed by atoms with Crippen LogP contribution in [0, 0.1) is 0 Å². The molecule has 0 radical (unpaired) electrons. The lowest BCUT2D eigenvalue weighted by Crippen LogP contribution is -2.40. The summed E-state index contributed by atoms with van der Waals surface area (Å²) in [6.07, 6.45) is -0.190. The molecule has 0 aromatic heterocycles. The minimum absolute atomic E-state index is 0.0440. The molecular formula is C20H20O4. The van der Waals surface area contributed by atoms with E-state index < -0.39 is 0 Å². The van der Waals surface area contributed by atoms with Gasteiger partial charge in [-0.15, -0.1) is 0 Å². The van der Waals surface area contributed by atoms with E-state index in [-0.39, 0.29) is 18.3 Å². The molecule has 0 aliphatic carbocycles. The summed E-state index contributed by atoms with van der Waals surface area (Å²) in [5.74, 6) is 0.948. The summed E-state index contributed by atoms with van der Waals surface area (Å²) >= 11 is 0. The van der Waals surface area contributed by atoms with Crippen LogP contribution in [0.5, 0.6) is 5.75 Å². The number of rotatable bonds is 3. The molecule has 2 aromatic rings. The van der Waals surface area contributed by atoms with Crippen LogP contribution >= 0.6 is 0 Å². The average Bonchev–Trinajstić information content (AvgIpc) is 3.23. The first-order valence-corrected chi connectivity index (χ1v) is 8.50. The van der Waals surface area contributed by atoms with Crippen LogP contribution in [0.2, 0.25) is 0 Å². The van der Waals surface area contributed by atoms with Crippen LogP contribution in [-0.4, -0.2) is 12.2 Å². The average molecular weight is 324 g/mol. The zero-order valence-electron chi connectivity index (χ0n) is 13.7. The molecule has 2 aromatic carbocycles. The van der Waals surface area contributed by atoms with Crippen LogP contribution in [0.3, 0.4) is 0 Å². The van der Waals surface area contributed by atoms with E-state index in [1.165, 1.54) is 22.3 Å². The van der Waals surface area contributed by atoms with E-state index >= 15 is 0 Å². The van der Waals surface area contributed by atoms with Crippen molar-refractivity contribution in [3.05, 3.63) is 64.2 Å². The monoisotopic (exact) mass is 324 g/mol. The largest absolute Gasteiger partial charge is 0.487 e. The highest BCUT2D eigenvalue weighted by Gasteiger charge is 2.44. The lowest BCUT2D eigenvalue weighted by Gasteiger charge is -2.35. The molecule has 0 bridgehead atoms. The van der Waals surface area contributed by atoms with Crippen molar-refractivity contribution in [2.45, 2.75) is 51.7 Å². The summed E-state index contributed by atoms with van der Waals surface area (Å²) in [5.41, 5.74) is 6.12. The summed E-state index contributed by atoms with van der Waals surface area (Å²) < 4.78 is 24.2. The Morgan fingerprint density at radius 3 is 2.83 bits per heavy atom. The van der Waals surface area contributed by atoms with Gasteiger partial charge in [0.15, 0.2) is 0 Å². The van der Waals surface area contributed by atoms with E-state index in [4.69, 9.17) is 18.9 Å². The third-order valence-electron chi connectivity index (χ3n) is 5.20. The van der Waals surface area contributed by atoms with Gasteiger partial charge >= 0.3 is 0 Å². The maximum Gasteiger partial charge on any atom is 0.126 e. The predicted molar refractivity (Wildman–Crippen MR) is 87.6 cm³/mol. The Bertz CT molecular complexity index is 771. The van der Waals surface area contributed by atoms with Crippen molar-refractivity contribution in [3.8, 4) is 5.75 Å². The summed E-state index contributed by atoms with van der Waals surface area (Å²) in [6, 6.07) is 12.4. The van der Waals surface area contributed by atoms with Crippen molar-refractivity contribution in [1.29, 1.82) is 0 Å². The van der Waals surface area contributed by atoms with Gasteiger partial charge in [0, 0.05) is 5.56 Å². The van der Waals surface area contributed by atoms with Gasteiger partial charge in [-0.2, -0.15) is 0 Å². The van der Waals surface area contributed by atoms with Gasteiger partial charge in [0.2, 0.25) is 0 Å². The summed E-state index contributed by atoms with van der Waals surface area (Å²) in [5, 5.41) is 0. The van der Waals surface area contributed by atoms with Crippen molar-refractivity contribution in [2.24, 2.45) is 0 Å². The second kappa shape index (κ2) is 5.59. The molecule has 4 nitrogen and oxygen atoms in total. The molecule has 124 valence electrons. The quantitative estimate of drug-likeness (QED) is 0.863. The standard InChI is InChI=1S/C20H20O4/c1-12-19(22-8-13-5-3-2-4-6-13)20-18-16(11-23-20)15-10-21-9-14(15)7-17(18)24-12/h2-7,12,19-20H,8-11H2,1H3/t12-,19-,20-/m0/s1. The maximum atomic E-state index is 6.21. The highest BCUT2D eigenvalue weighted by molar-refractivity contribution is 5.54. The van der Waals surface area contributed by atoms with Crippen molar-refractivity contribution in [3.63, 3.8) is 0 Å². The Morgan fingerprint density at radius 2 is 1.96 bits per heavy atom. The van der Waals surface area contributed by atoms with Crippen LogP contribution in [0.4, 0.5) is 0 Å². The van der Waals surface area contributed by atoms with Gasteiger partial charge in [-0.25, -0.2) is 0 Å². The molecule has 3 atom stereocenters. The Kier molecular flexibility index (Phi) is 3.37. The molecule has 0 unspecified atom stereocenters. The first-order chi connectivity index (χ1) is 11.8. The fourth-order valence-corrected chi connectivity index (χ4v) is 3.99. The molecule has 4 heteroatoms. The van der Waals surface area contributed by atoms with Crippen LogP contribution in [0.15, 0.2) is 36.4 Å². The Hall–Kier alpha value is -1.88. The lowest BCUT2D eigenvalue weighted by molar-refractivity contribution is -0.125. The molecular weight excluding hydrogens is 304 g/mol. The van der Waals surface area contributed by atoms with Gasteiger partial charge < -0.3 is 18.9 Å². The Morgan fingerprint density at radius 1 is 1.08 bits per heavy atom. The van der Waals surface area contributed by atoms with Gasteiger partial charge in [0.25, 0.3) is 0 Å². The first kappa shape index (κ1) is 14.5. The zero-order valence-corrected chi connectivity index (χ0v) is 13.7. The fourth-order valence-electron chi connectivity index (χ4n) is 3.99. The van der Waals surface area contributed by atoms with Gasteiger partial charge in [0.1, 0.15) is 24.1 Å². The number of benzene rings is 2. The first-order valence-electron chi connectivity index (χ1n) is 8.50. The third-order valence-corrected chi connectivity index (χ3v) is 5.20. The molecule has 0 spiro atoms. The molecule has 3 aliphatic heterocycles. The van der Waals surface area contributed by atoms with E-state index in [1.807, 2.05) is 18.2 Å². The van der Waals surface area contributed by atoms with Crippen molar-refractivity contribution in [1.82, 2.24) is 0 Å². The van der Waals surface area contributed by atoms with E-state index in [9.17, 15) is 0 Å². The normalized spacial score (nSPS) is 26.8. The molecule has 5 rings (SSSR count). The van der Waals surface area contributed by atoms with Gasteiger partial charge in [0.05, 0.1) is 26.4 Å². The summed E-state index contributed by atoms with van der Waals surface area (Å²) in [4.78, 5) is 0. The van der Waals surface area contributed by atoms with Crippen molar-refractivity contribution < 1.29 is 18.9 Å². The Labute approximate surface area is 141 Å². The smallest absolute Gasteiger partial charge is 0.126 e. The van der Waals surface area contributed by atoms with Crippen molar-refractivity contribution >= 4 is 0 Å². The SMILES string of the molecule is C[C@@H]1Oc2cc3c(c4c2[C@H](OC4)[C@H]1OCc1ccccc1)COC3. The van der Waals surface area contributed by atoms with Crippen LogP contribution in [-0.2, 0) is 40.6 Å². The fraction of sp³-hybridized carbons (Fsp3) is 0.400. The lowest BCUT2D eigenvalue weighted by atomic mass is 9.90. The molecule has 0 amide bonds. The third kappa shape index (κ3) is 2.18. The predicted octanol–water partition coefficient (Wildman–Crippen LogP) is 3.65. The number of hydrogen-bond acceptors (Lipinski definition) is 4. The van der Waals surface area contributed by atoms with E-state index in [0.717, 1.165) is 11.3 Å². The number of ether oxygens (including phenoxy) is 4. The van der Waals surface area contributed by atoms with E-state index in [0.29, 0.717) is 26.4 Å². The summed E-state index contributed by atoms with van der Waals surface area (Å²) in [7, 11) is 0. The van der Waals surface area contributed by atoms with Gasteiger partial charge in [-0.05, 0) is 35.2 Å². The van der Waals surface area contributed by atoms with Crippen LogP contribution in [0.1, 0.15) is 40.8 Å². The van der Waals surface area contributed by atoms with Crippen LogP contribution in [0.25, 0.3) is 0 Å². The minimum Gasteiger partial charge on any atom is -0.487 e. The molecule has 0 fully saturated rings. The van der Waals surface area contributed by atoms with Crippen molar-refractivity contribution in [2.75, 3.05) is 0 Å². The van der Waals surface area contributed by atoms with Gasteiger partial charge in [-0.1, -0.05) is 30.3 Å². The number of fused-ring (bicyclic) bond motifs is 2. The maximum absolute atomic E-state index is 6.21. The second-order valence-corrected chi connectivity index (χ2v) is 6.71.